The zero-order valence-corrected chi connectivity index (χ0v) is 19.2. The summed E-state index contributed by atoms with van der Waals surface area (Å²) < 4.78 is 48.6. The molecule has 2 N–H and O–H groups in total. The van der Waals surface area contributed by atoms with E-state index in [4.69, 9.17) is 14.4 Å². The van der Waals surface area contributed by atoms with Gasteiger partial charge < -0.3 is 19.6 Å². The van der Waals surface area contributed by atoms with Gasteiger partial charge >= 0.3 is 5.97 Å². The highest BCUT2D eigenvalue weighted by atomic mass is 32.2. The van der Waals surface area contributed by atoms with Gasteiger partial charge in [0.05, 0.1) is 17.3 Å². The molecule has 0 aliphatic heterocycles. The molecular weight excluding hydrogens is 475 g/mol. The normalized spacial score (nSPS) is 11.2. The van der Waals surface area contributed by atoms with E-state index < -0.39 is 27.5 Å². The quantitative estimate of drug-likeness (QED) is 0.357. The molecule has 0 amide bonds. The average Bonchev–Trinajstić information content (AvgIpc) is 3.19. The van der Waals surface area contributed by atoms with E-state index in [1.165, 1.54) is 36.4 Å². The minimum atomic E-state index is -3.39. The highest BCUT2D eigenvalue weighted by Crippen LogP contribution is 2.39. The summed E-state index contributed by atoms with van der Waals surface area (Å²) in [6, 6.07) is 16.9. The molecule has 0 saturated heterocycles. The highest BCUT2D eigenvalue weighted by Gasteiger charge is 2.24. The van der Waals surface area contributed by atoms with E-state index in [9.17, 15) is 22.7 Å². The van der Waals surface area contributed by atoms with E-state index >= 15 is 0 Å². The molecular formula is C25H19FN2O6S. The Morgan fingerprint density at radius 1 is 1.17 bits per heavy atom. The lowest BCUT2D eigenvalue weighted by molar-refractivity contribution is 0.0699. The van der Waals surface area contributed by atoms with Gasteiger partial charge in [0, 0.05) is 23.3 Å². The first-order chi connectivity index (χ1) is 16.6. The summed E-state index contributed by atoms with van der Waals surface area (Å²) in [5.41, 5.74) is 1.81. The number of carboxylic acids is 1. The standard InChI is InChI=1S/C25H19FN2O6S/c1-35(31,32)14-28-20-11-21-19(10-22(20)33-13-16-4-2-3-15(9-16)12-27)23(25(29)30)24(34-21)17-5-7-18(26)8-6-17/h2-11,28H,13-14H2,1H3,(H,29,30). The minimum absolute atomic E-state index is 0.0282. The van der Waals surface area contributed by atoms with E-state index in [0.717, 1.165) is 6.26 Å². The van der Waals surface area contributed by atoms with Crippen molar-refractivity contribution in [2.24, 2.45) is 0 Å². The number of sulfone groups is 1. The number of nitriles is 1. The second-order valence-electron chi connectivity index (χ2n) is 7.81. The van der Waals surface area contributed by atoms with Crippen LogP contribution in [0.2, 0.25) is 0 Å². The van der Waals surface area contributed by atoms with Gasteiger partial charge in [0.2, 0.25) is 0 Å². The summed E-state index contributed by atoms with van der Waals surface area (Å²) in [5, 5.41) is 22.0. The number of fused-ring (bicyclic) bond motifs is 1. The number of anilines is 1. The molecule has 3 aromatic carbocycles. The van der Waals surface area contributed by atoms with Crippen LogP contribution in [-0.2, 0) is 16.4 Å². The summed E-state index contributed by atoms with van der Waals surface area (Å²) >= 11 is 0. The number of carboxylic acid groups (broad SMARTS) is 1. The number of halogens is 1. The van der Waals surface area contributed by atoms with Crippen LogP contribution < -0.4 is 10.1 Å². The maximum Gasteiger partial charge on any atom is 0.340 e. The topological polar surface area (TPSA) is 130 Å². The molecule has 35 heavy (non-hydrogen) atoms. The van der Waals surface area contributed by atoms with Crippen molar-refractivity contribution in [2.45, 2.75) is 6.61 Å². The van der Waals surface area contributed by atoms with Gasteiger partial charge in [-0.2, -0.15) is 5.26 Å². The highest BCUT2D eigenvalue weighted by molar-refractivity contribution is 7.90. The van der Waals surface area contributed by atoms with Crippen LogP contribution in [0.3, 0.4) is 0 Å². The van der Waals surface area contributed by atoms with Crippen molar-refractivity contribution in [3.8, 4) is 23.1 Å². The van der Waals surface area contributed by atoms with Gasteiger partial charge in [0.15, 0.2) is 9.84 Å². The van der Waals surface area contributed by atoms with Crippen LogP contribution >= 0.6 is 0 Å². The van der Waals surface area contributed by atoms with Gasteiger partial charge in [0.25, 0.3) is 0 Å². The predicted molar refractivity (Wildman–Crippen MR) is 127 cm³/mol. The summed E-state index contributed by atoms with van der Waals surface area (Å²) in [7, 11) is -3.39. The molecule has 0 bridgehead atoms. The average molecular weight is 495 g/mol. The summed E-state index contributed by atoms with van der Waals surface area (Å²) in [5.74, 6) is -1.91. The van der Waals surface area contributed by atoms with Gasteiger partial charge in [-0.25, -0.2) is 17.6 Å². The Labute approximate surface area is 200 Å². The summed E-state index contributed by atoms with van der Waals surface area (Å²) in [6.45, 7) is 0.0413. The van der Waals surface area contributed by atoms with Crippen LogP contribution in [0.1, 0.15) is 21.5 Å². The molecule has 8 nitrogen and oxygen atoms in total. The van der Waals surface area contributed by atoms with Crippen molar-refractivity contribution >= 4 is 32.5 Å². The number of hydrogen-bond acceptors (Lipinski definition) is 7. The molecule has 0 fully saturated rings. The van der Waals surface area contributed by atoms with Crippen molar-refractivity contribution in [3.63, 3.8) is 0 Å². The number of aromatic carboxylic acids is 1. The van der Waals surface area contributed by atoms with Gasteiger partial charge in [0.1, 0.15) is 41.0 Å². The lowest BCUT2D eigenvalue weighted by Crippen LogP contribution is -2.13. The largest absolute Gasteiger partial charge is 0.487 e. The zero-order chi connectivity index (χ0) is 25.2. The second kappa shape index (κ2) is 9.48. The van der Waals surface area contributed by atoms with Crippen molar-refractivity contribution < 1.29 is 31.9 Å². The number of nitrogens with one attached hydrogen (secondary N) is 1. The molecule has 0 atom stereocenters. The monoisotopic (exact) mass is 494 g/mol. The Balaban J connectivity index is 1.81. The molecule has 0 aliphatic rings. The van der Waals surface area contributed by atoms with E-state index in [0.29, 0.717) is 16.7 Å². The Kier molecular flexibility index (Phi) is 6.44. The van der Waals surface area contributed by atoms with Crippen LogP contribution in [-0.4, -0.2) is 31.6 Å². The molecule has 0 radical (unpaired) electrons. The molecule has 10 heteroatoms. The van der Waals surface area contributed by atoms with Gasteiger partial charge in [-0.15, -0.1) is 0 Å². The van der Waals surface area contributed by atoms with E-state index in [1.807, 2.05) is 6.07 Å². The van der Waals surface area contributed by atoms with Crippen molar-refractivity contribution in [1.82, 2.24) is 0 Å². The Bertz CT molecular complexity index is 1570. The zero-order valence-electron chi connectivity index (χ0n) is 18.4. The SMILES string of the molecule is CS(=O)(=O)CNc1cc2oc(-c3ccc(F)cc3)c(C(=O)O)c2cc1OCc1cccc(C#N)c1. The fourth-order valence-electron chi connectivity index (χ4n) is 3.50. The molecule has 0 unspecified atom stereocenters. The molecule has 0 spiro atoms. The third-order valence-corrected chi connectivity index (χ3v) is 5.75. The number of benzene rings is 3. The first-order valence-corrected chi connectivity index (χ1v) is 12.3. The summed E-state index contributed by atoms with van der Waals surface area (Å²) in [6.07, 6.45) is 1.06. The smallest absolute Gasteiger partial charge is 0.340 e. The van der Waals surface area contributed by atoms with Crippen LogP contribution in [0.25, 0.3) is 22.3 Å². The molecule has 1 heterocycles. The maximum atomic E-state index is 13.4. The Morgan fingerprint density at radius 2 is 1.91 bits per heavy atom. The van der Waals surface area contributed by atoms with E-state index in [-0.39, 0.29) is 40.3 Å². The number of nitrogens with zero attached hydrogens (tertiary/aromatic N) is 1. The fourth-order valence-corrected chi connectivity index (χ4v) is 3.92. The first-order valence-electron chi connectivity index (χ1n) is 10.3. The van der Waals surface area contributed by atoms with Crippen LogP contribution in [0.4, 0.5) is 10.1 Å². The molecule has 178 valence electrons. The molecule has 0 aliphatic carbocycles. The maximum absolute atomic E-state index is 13.4. The molecule has 1 aromatic heterocycles. The first kappa shape index (κ1) is 23.8. The number of rotatable bonds is 8. The van der Waals surface area contributed by atoms with Gasteiger partial charge in [-0.3, -0.25) is 0 Å². The van der Waals surface area contributed by atoms with Gasteiger partial charge in [-0.1, -0.05) is 12.1 Å². The van der Waals surface area contributed by atoms with Crippen LogP contribution in [0.15, 0.2) is 65.1 Å². The van der Waals surface area contributed by atoms with Crippen LogP contribution in [0.5, 0.6) is 5.75 Å². The lowest BCUT2D eigenvalue weighted by Gasteiger charge is -2.13. The van der Waals surface area contributed by atoms with Crippen molar-refractivity contribution in [2.75, 3.05) is 17.4 Å². The Morgan fingerprint density at radius 3 is 2.57 bits per heavy atom. The van der Waals surface area contributed by atoms with Gasteiger partial charge in [-0.05, 0) is 48.0 Å². The molecule has 4 aromatic rings. The summed E-state index contributed by atoms with van der Waals surface area (Å²) in [4.78, 5) is 12.1. The van der Waals surface area contributed by atoms with Crippen LogP contribution in [0, 0.1) is 17.1 Å². The second-order valence-corrected chi connectivity index (χ2v) is 9.95. The Hall–Kier alpha value is -4.36. The van der Waals surface area contributed by atoms with Crippen molar-refractivity contribution in [1.29, 1.82) is 5.26 Å². The number of carbonyl (C=O) groups is 1. The molecule has 0 saturated carbocycles. The van der Waals surface area contributed by atoms with E-state index in [2.05, 4.69) is 5.32 Å². The van der Waals surface area contributed by atoms with Crippen molar-refractivity contribution in [3.05, 3.63) is 83.2 Å². The third kappa shape index (κ3) is 5.42. The molecule has 4 rings (SSSR count). The predicted octanol–water partition coefficient (Wildman–Crippen LogP) is 4.80. The minimum Gasteiger partial charge on any atom is -0.487 e. The van der Waals surface area contributed by atoms with E-state index in [1.54, 1.807) is 24.3 Å². The number of furan rings is 1. The number of ether oxygens (including phenoxy) is 1. The number of hydrogen-bond donors (Lipinski definition) is 2. The third-order valence-electron chi connectivity index (χ3n) is 5.09. The lowest BCUT2D eigenvalue weighted by atomic mass is 10.0. The fraction of sp³-hybridized carbons (Fsp3) is 0.120.